The molecule has 0 amide bonds. The summed E-state index contributed by atoms with van der Waals surface area (Å²) in [5, 5.41) is 13.9. The molecule has 18 heavy (non-hydrogen) atoms. The minimum absolute atomic E-state index is 0.155. The first kappa shape index (κ1) is 12.8. The number of hydrogen-bond acceptors (Lipinski definition) is 4. The lowest BCUT2D eigenvalue weighted by atomic mass is 10.1. The van der Waals surface area contributed by atoms with E-state index in [-0.39, 0.29) is 10.6 Å². The van der Waals surface area contributed by atoms with Gasteiger partial charge in [-0.25, -0.2) is 0 Å². The third kappa shape index (κ3) is 2.61. The Morgan fingerprint density at radius 1 is 1.56 bits per heavy atom. The molecule has 1 aromatic carbocycles. The lowest BCUT2D eigenvalue weighted by Crippen LogP contribution is -2.20. The quantitative estimate of drug-likeness (QED) is 0.658. The summed E-state index contributed by atoms with van der Waals surface area (Å²) in [6, 6.07) is 5.26. The van der Waals surface area contributed by atoms with Crippen LogP contribution in [0.4, 0.5) is 11.4 Å². The van der Waals surface area contributed by atoms with E-state index in [2.05, 4.69) is 17.1 Å². The van der Waals surface area contributed by atoms with Gasteiger partial charge in [-0.3, -0.25) is 15.0 Å². The van der Waals surface area contributed by atoms with Crippen molar-refractivity contribution in [1.82, 2.24) is 4.90 Å². The molecular weight excluding hydrogens is 230 g/mol. The third-order valence-electron chi connectivity index (χ3n) is 3.48. The van der Waals surface area contributed by atoms with Crippen LogP contribution in [0.5, 0.6) is 0 Å². The molecule has 1 saturated heterocycles. The summed E-state index contributed by atoms with van der Waals surface area (Å²) in [7, 11) is 1.73. The standard InChI is InChI=1S/C13H19N3O2/c1-10-6-7-15(8-10)9-11-4-3-5-12(16(17)18)13(11)14-2/h3-5,10,14H,6-9H2,1-2H3. The van der Waals surface area contributed by atoms with Crippen LogP contribution in [-0.4, -0.2) is 30.0 Å². The molecule has 1 N–H and O–H groups in total. The molecule has 1 aromatic rings. The zero-order valence-electron chi connectivity index (χ0n) is 10.8. The van der Waals surface area contributed by atoms with Gasteiger partial charge >= 0.3 is 0 Å². The van der Waals surface area contributed by atoms with Gasteiger partial charge in [0, 0.05) is 26.2 Å². The van der Waals surface area contributed by atoms with Crippen LogP contribution in [0.2, 0.25) is 0 Å². The van der Waals surface area contributed by atoms with Crippen molar-refractivity contribution in [2.24, 2.45) is 5.92 Å². The van der Waals surface area contributed by atoms with Gasteiger partial charge in [-0.2, -0.15) is 0 Å². The van der Waals surface area contributed by atoms with Crippen molar-refractivity contribution in [2.75, 3.05) is 25.5 Å². The summed E-state index contributed by atoms with van der Waals surface area (Å²) < 4.78 is 0. The Morgan fingerprint density at radius 2 is 2.33 bits per heavy atom. The van der Waals surface area contributed by atoms with Crippen LogP contribution >= 0.6 is 0 Å². The molecule has 5 nitrogen and oxygen atoms in total. The summed E-state index contributed by atoms with van der Waals surface area (Å²) in [6.07, 6.45) is 1.21. The number of anilines is 1. The zero-order chi connectivity index (χ0) is 13.1. The van der Waals surface area contributed by atoms with E-state index in [4.69, 9.17) is 0 Å². The fourth-order valence-corrected chi connectivity index (χ4v) is 2.57. The lowest BCUT2D eigenvalue weighted by molar-refractivity contribution is -0.384. The van der Waals surface area contributed by atoms with Crippen molar-refractivity contribution in [3.63, 3.8) is 0 Å². The Balaban J connectivity index is 2.22. The van der Waals surface area contributed by atoms with Gasteiger partial charge in [-0.05, 0) is 24.4 Å². The van der Waals surface area contributed by atoms with Crippen LogP contribution in [0.25, 0.3) is 0 Å². The molecule has 0 bridgehead atoms. The van der Waals surface area contributed by atoms with Gasteiger partial charge in [0.1, 0.15) is 5.69 Å². The Hall–Kier alpha value is -1.62. The molecule has 0 spiro atoms. The molecule has 0 aliphatic carbocycles. The van der Waals surface area contributed by atoms with E-state index < -0.39 is 0 Å². The second-order valence-corrected chi connectivity index (χ2v) is 4.95. The number of nitro benzene ring substituents is 1. The summed E-state index contributed by atoms with van der Waals surface area (Å²) in [6.45, 7) is 5.17. The maximum Gasteiger partial charge on any atom is 0.292 e. The lowest BCUT2D eigenvalue weighted by Gasteiger charge is -2.17. The summed E-state index contributed by atoms with van der Waals surface area (Å²) in [4.78, 5) is 13.0. The first-order valence-electron chi connectivity index (χ1n) is 6.28. The van der Waals surface area contributed by atoms with E-state index in [0.717, 1.165) is 31.1 Å². The Morgan fingerprint density at radius 3 is 2.89 bits per heavy atom. The maximum absolute atomic E-state index is 11.0. The van der Waals surface area contributed by atoms with Crippen molar-refractivity contribution in [3.8, 4) is 0 Å². The fourth-order valence-electron chi connectivity index (χ4n) is 2.57. The van der Waals surface area contributed by atoms with Crippen molar-refractivity contribution in [1.29, 1.82) is 0 Å². The van der Waals surface area contributed by atoms with Crippen LogP contribution in [0, 0.1) is 16.0 Å². The normalized spacial score (nSPS) is 20.0. The number of nitrogens with zero attached hydrogens (tertiary/aromatic N) is 2. The number of likely N-dealkylation sites (tertiary alicyclic amines) is 1. The van der Waals surface area contributed by atoms with Crippen molar-refractivity contribution in [2.45, 2.75) is 19.9 Å². The third-order valence-corrected chi connectivity index (χ3v) is 3.48. The summed E-state index contributed by atoms with van der Waals surface area (Å²) in [5.74, 6) is 0.724. The molecule has 2 rings (SSSR count). The second kappa shape index (κ2) is 5.35. The van der Waals surface area contributed by atoms with Crippen molar-refractivity contribution < 1.29 is 4.92 Å². The van der Waals surface area contributed by atoms with Gasteiger partial charge < -0.3 is 5.32 Å². The van der Waals surface area contributed by atoms with E-state index in [0.29, 0.717) is 5.69 Å². The van der Waals surface area contributed by atoms with Crippen LogP contribution in [-0.2, 0) is 6.54 Å². The van der Waals surface area contributed by atoms with E-state index >= 15 is 0 Å². The number of benzene rings is 1. The topological polar surface area (TPSA) is 58.4 Å². The molecular formula is C13H19N3O2. The van der Waals surface area contributed by atoms with Crippen LogP contribution in [0.3, 0.4) is 0 Å². The van der Waals surface area contributed by atoms with Gasteiger partial charge in [0.25, 0.3) is 5.69 Å². The highest BCUT2D eigenvalue weighted by molar-refractivity contribution is 5.66. The van der Waals surface area contributed by atoms with Gasteiger partial charge in [-0.1, -0.05) is 19.1 Å². The first-order chi connectivity index (χ1) is 8.61. The highest BCUT2D eigenvalue weighted by Gasteiger charge is 2.22. The maximum atomic E-state index is 11.0. The van der Waals surface area contributed by atoms with Gasteiger partial charge in [0.05, 0.1) is 4.92 Å². The Labute approximate surface area is 107 Å². The fraction of sp³-hybridized carbons (Fsp3) is 0.538. The molecule has 1 heterocycles. The molecule has 0 radical (unpaired) electrons. The number of hydrogen-bond donors (Lipinski definition) is 1. The average molecular weight is 249 g/mol. The number of nitrogens with one attached hydrogen (secondary N) is 1. The molecule has 0 saturated carbocycles. The molecule has 1 aliphatic heterocycles. The Bertz CT molecular complexity index is 448. The first-order valence-corrected chi connectivity index (χ1v) is 6.28. The van der Waals surface area contributed by atoms with E-state index in [9.17, 15) is 10.1 Å². The van der Waals surface area contributed by atoms with Gasteiger partial charge in [-0.15, -0.1) is 0 Å². The SMILES string of the molecule is CNc1c(CN2CCC(C)C2)cccc1[N+](=O)[O-]. The largest absolute Gasteiger partial charge is 0.382 e. The van der Waals surface area contributed by atoms with Gasteiger partial charge in [0.2, 0.25) is 0 Å². The smallest absolute Gasteiger partial charge is 0.292 e. The van der Waals surface area contributed by atoms with Crippen molar-refractivity contribution in [3.05, 3.63) is 33.9 Å². The van der Waals surface area contributed by atoms with Crippen molar-refractivity contribution >= 4 is 11.4 Å². The van der Waals surface area contributed by atoms with Crippen LogP contribution in [0.15, 0.2) is 18.2 Å². The molecule has 1 fully saturated rings. The molecule has 5 heteroatoms. The van der Waals surface area contributed by atoms with E-state index in [1.165, 1.54) is 6.42 Å². The predicted molar refractivity (Wildman–Crippen MR) is 71.7 cm³/mol. The molecule has 1 aliphatic rings. The van der Waals surface area contributed by atoms with Crippen LogP contribution in [0.1, 0.15) is 18.9 Å². The highest BCUT2D eigenvalue weighted by Crippen LogP contribution is 2.29. The van der Waals surface area contributed by atoms with E-state index in [1.807, 2.05) is 6.07 Å². The van der Waals surface area contributed by atoms with Gasteiger partial charge in [0.15, 0.2) is 0 Å². The van der Waals surface area contributed by atoms with Crippen LogP contribution < -0.4 is 5.32 Å². The number of nitro groups is 1. The molecule has 0 aromatic heterocycles. The monoisotopic (exact) mass is 249 g/mol. The zero-order valence-corrected chi connectivity index (χ0v) is 10.8. The number of para-hydroxylation sites is 1. The average Bonchev–Trinajstić information content (AvgIpc) is 2.74. The molecule has 98 valence electrons. The summed E-state index contributed by atoms with van der Waals surface area (Å²) >= 11 is 0. The minimum atomic E-state index is -0.331. The molecule has 1 unspecified atom stereocenters. The number of rotatable bonds is 4. The second-order valence-electron chi connectivity index (χ2n) is 4.95. The molecule has 1 atom stereocenters. The minimum Gasteiger partial charge on any atom is -0.382 e. The summed E-state index contributed by atoms with van der Waals surface area (Å²) in [5.41, 5.74) is 1.80. The highest BCUT2D eigenvalue weighted by atomic mass is 16.6. The van der Waals surface area contributed by atoms with E-state index in [1.54, 1.807) is 19.2 Å². The Kier molecular flexibility index (Phi) is 3.81. The predicted octanol–water partition coefficient (Wildman–Crippen LogP) is 2.48.